The van der Waals surface area contributed by atoms with E-state index in [1.54, 1.807) is 0 Å². The van der Waals surface area contributed by atoms with Crippen LogP contribution in [0.5, 0.6) is 0 Å². The van der Waals surface area contributed by atoms with Crippen molar-refractivity contribution in [3.63, 3.8) is 0 Å². The van der Waals surface area contributed by atoms with Crippen LogP contribution in [0.15, 0.2) is 6.20 Å². The number of hydrogen-bond donors (Lipinski definition) is 1. The Hall–Kier alpha value is -1.16. The fraction of sp³-hybridized carbons (Fsp3) is 0.750. The first kappa shape index (κ1) is 15.2. The third-order valence-corrected chi connectivity index (χ3v) is 3.64. The maximum absolute atomic E-state index is 4.79. The molecule has 1 N–H and O–H groups in total. The standard InChI is InChI=1S/C16H28N4/c1-11(2)15-17-10-14(20(6)12-7-8-12)13(19-15)9-18-16(3,4)5/h10-12,18H,7-9H2,1-6H3. The Labute approximate surface area is 123 Å². The van der Waals surface area contributed by atoms with Crippen LogP contribution in [0, 0.1) is 0 Å². The molecule has 2 rings (SSSR count). The summed E-state index contributed by atoms with van der Waals surface area (Å²) in [5, 5.41) is 3.54. The summed E-state index contributed by atoms with van der Waals surface area (Å²) >= 11 is 0. The molecule has 4 heteroatoms. The zero-order chi connectivity index (χ0) is 14.9. The van der Waals surface area contributed by atoms with Gasteiger partial charge in [0, 0.05) is 31.1 Å². The van der Waals surface area contributed by atoms with Crippen molar-refractivity contribution in [1.82, 2.24) is 15.3 Å². The van der Waals surface area contributed by atoms with E-state index < -0.39 is 0 Å². The van der Waals surface area contributed by atoms with Gasteiger partial charge in [-0.15, -0.1) is 0 Å². The number of rotatable bonds is 5. The molecule has 1 saturated carbocycles. The van der Waals surface area contributed by atoms with Gasteiger partial charge in [0.2, 0.25) is 0 Å². The van der Waals surface area contributed by atoms with Crippen molar-refractivity contribution < 1.29 is 0 Å². The zero-order valence-corrected chi connectivity index (χ0v) is 13.7. The molecule has 4 nitrogen and oxygen atoms in total. The molecule has 0 aliphatic heterocycles. The summed E-state index contributed by atoms with van der Waals surface area (Å²) in [6.07, 6.45) is 4.57. The molecule has 0 saturated heterocycles. The molecule has 0 spiro atoms. The lowest BCUT2D eigenvalue weighted by molar-refractivity contribution is 0.420. The van der Waals surface area contributed by atoms with Crippen LogP contribution in [0.1, 0.15) is 64.9 Å². The van der Waals surface area contributed by atoms with Crippen molar-refractivity contribution >= 4 is 5.69 Å². The van der Waals surface area contributed by atoms with Crippen molar-refractivity contribution in [2.45, 2.75) is 71.5 Å². The highest BCUT2D eigenvalue weighted by molar-refractivity contribution is 5.50. The minimum atomic E-state index is 0.0956. The predicted octanol–water partition coefficient (Wildman–Crippen LogP) is 3.09. The third-order valence-electron chi connectivity index (χ3n) is 3.64. The molecular formula is C16H28N4. The summed E-state index contributed by atoms with van der Waals surface area (Å²) in [5.74, 6) is 1.30. The molecule has 0 radical (unpaired) electrons. The lowest BCUT2D eigenvalue weighted by Gasteiger charge is -2.25. The van der Waals surface area contributed by atoms with Crippen LogP contribution in [0.4, 0.5) is 5.69 Å². The fourth-order valence-corrected chi connectivity index (χ4v) is 2.14. The molecule has 20 heavy (non-hydrogen) atoms. The number of nitrogens with zero attached hydrogens (tertiary/aromatic N) is 3. The minimum Gasteiger partial charge on any atom is -0.369 e. The maximum atomic E-state index is 4.79. The molecule has 1 aliphatic carbocycles. The third kappa shape index (κ3) is 3.92. The Balaban J connectivity index is 2.24. The van der Waals surface area contributed by atoms with Gasteiger partial charge in [-0.3, -0.25) is 0 Å². The predicted molar refractivity (Wildman–Crippen MR) is 84.1 cm³/mol. The van der Waals surface area contributed by atoms with Gasteiger partial charge in [0.25, 0.3) is 0 Å². The van der Waals surface area contributed by atoms with Crippen LogP contribution < -0.4 is 10.2 Å². The van der Waals surface area contributed by atoms with Crippen LogP contribution in [0.25, 0.3) is 0 Å². The summed E-state index contributed by atoms with van der Waals surface area (Å²) < 4.78 is 0. The summed E-state index contributed by atoms with van der Waals surface area (Å²) in [7, 11) is 2.16. The molecule has 1 heterocycles. The van der Waals surface area contributed by atoms with E-state index >= 15 is 0 Å². The number of nitrogens with one attached hydrogen (secondary N) is 1. The lowest BCUT2D eigenvalue weighted by Crippen LogP contribution is -2.36. The van der Waals surface area contributed by atoms with E-state index in [4.69, 9.17) is 4.98 Å². The van der Waals surface area contributed by atoms with Crippen molar-refractivity contribution in [1.29, 1.82) is 0 Å². The summed E-state index contributed by atoms with van der Waals surface area (Å²) in [5.41, 5.74) is 2.39. The Kier molecular flexibility index (Phi) is 4.33. The monoisotopic (exact) mass is 276 g/mol. The lowest BCUT2D eigenvalue weighted by atomic mass is 10.1. The van der Waals surface area contributed by atoms with E-state index in [0.29, 0.717) is 12.0 Å². The first-order valence-corrected chi connectivity index (χ1v) is 7.61. The van der Waals surface area contributed by atoms with E-state index in [9.17, 15) is 0 Å². The second kappa shape index (κ2) is 5.68. The minimum absolute atomic E-state index is 0.0956. The maximum Gasteiger partial charge on any atom is 0.131 e. The Morgan fingerprint density at radius 3 is 2.50 bits per heavy atom. The van der Waals surface area contributed by atoms with Gasteiger partial charge in [0.1, 0.15) is 5.82 Å². The molecule has 1 aromatic heterocycles. The second-order valence-electron chi connectivity index (χ2n) is 7.16. The van der Waals surface area contributed by atoms with Crippen LogP contribution in [-0.4, -0.2) is 28.6 Å². The van der Waals surface area contributed by atoms with Gasteiger partial charge < -0.3 is 10.2 Å². The topological polar surface area (TPSA) is 41.1 Å². The average molecular weight is 276 g/mol. The van der Waals surface area contributed by atoms with E-state index in [-0.39, 0.29) is 5.54 Å². The molecule has 112 valence electrons. The highest BCUT2D eigenvalue weighted by Gasteiger charge is 2.28. The van der Waals surface area contributed by atoms with Gasteiger partial charge in [0.05, 0.1) is 17.6 Å². The van der Waals surface area contributed by atoms with Gasteiger partial charge in [-0.1, -0.05) is 13.8 Å². The van der Waals surface area contributed by atoms with Gasteiger partial charge in [0.15, 0.2) is 0 Å². The van der Waals surface area contributed by atoms with Crippen LogP contribution in [0.3, 0.4) is 0 Å². The van der Waals surface area contributed by atoms with E-state index in [2.05, 4.69) is 56.9 Å². The van der Waals surface area contributed by atoms with Crippen LogP contribution >= 0.6 is 0 Å². The fourth-order valence-electron chi connectivity index (χ4n) is 2.14. The quantitative estimate of drug-likeness (QED) is 0.897. The molecule has 0 unspecified atom stereocenters. The van der Waals surface area contributed by atoms with Crippen molar-refractivity contribution in [2.75, 3.05) is 11.9 Å². The molecule has 1 aromatic rings. The summed E-state index contributed by atoms with van der Waals surface area (Å²) in [4.78, 5) is 11.7. The summed E-state index contributed by atoms with van der Waals surface area (Å²) in [6.45, 7) is 11.6. The number of hydrogen-bond acceptors (Lipinski definition) is 4. The second-order valence-corrected chi connectivity index (χ2v) is 7.16. The van der Waals surface area contributed by atoms with E-state index in [1.807, 2.05) is 6.20 Å². The van der Waals surface area contributed by atoms with E-state index in [0.717, 1.165) is 18.1 Å². The molecule has 1 aliphatic rings. The first-order chi connectivity index (χ1) is 9.28. The largest absolute Gasteiger partial charge is 0.369 e. The number of aromatic nitrogens is 2. The highest BCUT2D eigenvalue weighted by atomic mass is 15.2. The van der Waals surface area contributed by atoms with Gasteiger partial charge in [-0.25, -0.2) is 9.97 Å². The Bertz CT molecular complexity index is 458. The van der Waals surface area contributed by atoms with Gasteiger partial charge in [-0.05, 0) is 33.6 Å². The molecular weight excluding hydrogens is 248 g/mol. The number of anilines is 1. The molecule has 0 aromatic carbocycles. The van der Waals surface area contributed by atoms with Gasteiger partial charge in [-0.2, -0.15) is 0 Å². The normalized spacial score (nSPS) is 15.8. The van der Waals surface area contributed by atoms with Gasteiger partial charge >= 0.3 is 0 Å². The van der Waals surface area contributed by atoms with Crippen LogP contribution in [-0.2, 0) is 6.54 Å². The molecule has 0 amide bonds. The summed E-state index contributed by atoms with van der Waals surface area (Å²) in [6, 6.07) is 0.678. The van der Waals surface area contributed by atoms with Crippen molar-refractivity contribution in [3.05, 3.63) is 17.7 Å². The van der Waals surface area contributed by atoms with Crippen molar-refractivity contribution in [3.8, 4) is 0 Å². The molecule has 0 atom stereocenters. The Morgan fingerprint density at radius 1 is 1.35 bits per heavy atom. The van der Waals surface area contributed by atoms with Crippen molar-refractivity contribution in [2.24, 2.45) is 0 Å². The smallest absolute Gasteiger partial charge is 0.131 e. The van der Waals surface area contributed by atoms with E-state index in [1.165, 1.54) is 18.5 Å². The highest BCUT2D eigenvalue weighted by Crippen LogP contribution is 2.31. The SMILES string of the molecule is CC(C)c1ncc(N(C)C2CC2)c(CNC(C)(C)C)n1. The molecule has 1 fully saturated rings. The average Bonchev–Trinajstić information content (AvgIpc) is 3.18. The molecule has 0 bridgehead atoms. The zero-order valence-electron chi connectivity index (χ0n) is 13.7. The van der Waals surface area contributed by atoms with Crippen LogP contribution in [0.2, 0.25) is 0 Å². The first-order valence-electron chi connectivity index (χ1n) is 7.61. The Morgan fingerprint density at radius 2 is 2.00 bits per heavy atom.